The Morgan fingerprint density at radius 1 is 1.47 bits per heavy atom. The molecule has 0 aromatic carbocycles. The van der Waals surface area contributed by atoms with Crippen LogP contribution in [0.4, 0.5) is 0 Å². The first-order valence-corrected chi connectivity index (χ1v) is 5.59. The summed E-state index contributed by atoms with van der Waals surface area (Å²) in [5.74, 6) is 0.675. The van der Waals surface area contributed by atoms with Crippen molar-refractivity contribution in [3.63, 3.8) is 0 Å². The van der Waals surface area contributed by atoms with Gasteiger partial charge in [0.05, 0.1) is 13.2 Å². The van der Waals surface area contributed by atoms with Crippen molar-refractivity contribution in [1.82, 2.24) is 5.32 Å². The fourth-order valence-electron chi connectivity index (χ4n) is 1.74. The molecule has 0 bridgehead atoms. The lowest BCUT2D eigenvalue weighted by molar-refractivity contribution is 0.108. The normalized spacial score (nSPS) is 22.4. The van der Waals surface area contributed by atoms with E-state index in [1.807, 2.05) is 12.2 Å². The van der Waals surface area contributed by atoms with Crippen LogP contribution in [0.3, 0.4) is 0 Å². The molecule has 1 N–H and O–H groups in total. The van der Waals surface area contributed by atoms with Gasteiger partial charge in [0, 0.05) is 6.54 Å². The molecule has 1 rings (SSSR count). The Morgan fingerprint density at radius 3 is 2.93 bits per heavy atom. The van der Waals surface area contributed by atoms with Crippen LogP contribution in [0.15, 0.2) is 37.0 Å². The molecule has 0 aromatic heterocycles. The van der Waals surface area contributed by atoms with Gasteiger partial charge in [-0.15, -0.1) is 0 Å². The molecule has 1 atom stereocenters. The zero-order valence-electron chi connectivity index (χ0n) is 9.37. The summed E-state index contributed by atoms with van der Waals surface area (Å²) in [4.78, 5) is 0. The quantitative estimate of drug-likeness (QED) is 0.675. The summed E-state index contributed by atoms with van der Waals surface area (Å²) in [5, 5.41) is 3.38. The maximum atomic E-state index is 5.65. The second-order valence-electron chi connectivity index (χ2n) is 3.91. The minimum absolute atomic E-state index is 0.645. The van der Waals surface area contributed by atoms with Gasteiger partial charge in [-0.1, -0.05) is 31.4 Å². The standard InChI is InChI=1S/C13H21NO/c1-3-6-12(4-2)10-15-11-13-7-5-8-14-9-13/h3-4,6,13-14H,1-2,5,7-11H2/b12-6+. The lowest BCUT2D eigenvalue weighted by Gasteiger charge is -2.22. The Balaban J connectivity index is 2.16. The van der Waals surface area contributed by atoms with Gasteiger partial charge in [0.15, 0.2) is 0 Å². The number of nitrogens with one attached hydrogen (secondary N) is 1. The summed E-state index contributed by atoms with van der Waals surface area (Å²) >= 11 is 0. The van der Waals surface area contributed by atoms with Gasteiger partial charge in [0.2, 0.25) is 0 Å². The van der Waals surface area contributed by atoms with Crippen molar-refractivity contribution >= 4 is 0 Å². The van der Waals surface area contributed by atoms with Gasteiger partial charge in [-0.3, -0.25) is 0 Å². The van der Waals surface area contributed by atoms with E-state index in [0.29, 0.717) is 12.5 Å². The molecule has 2 heteroatoms. The second-order valence-corrected chi connectivity index (χ2v) is 3.91. The van der Waals surface area contributed by atoms with E-state index in [2.05, 4.69) is 18.5 Å². The Hall–Kier alpha value is -0.860. The van der Waals surface area contributed by atoms with Crippen molar-refractivity contribution in [2.45, 2.75) is 12.8 Å². The average Bonchev–Trinajstić information content (AvgIpc) is 2.29. The van der Waals surface area contributed by atoms with Crippen molar-refractivity contribution in [1.29, 1.82) is 0 Å². The number of hydrogen-bond acceptors (Lipinski definition) is 2. The van der Waals surface area contributed by atoms with Crippen molar-refractivity contribution in [3.8, 4) is 0 Å². The Kier molecular flexibility index (Phi) is 6.05. The summed E-state index contributed by atoms with van der Waals surface area (Å²) in [6.45, 7) is 11.1. The third-order valence-electron chi connectivity index (χ3n) is 2.62. The zero-order valence-corrected chi connectivity index (χ0v) is 9.37. The van der Waals surface area contributed by atoms with E-state index in [1.54, 1.807) is 6.08 Å². The highest BCUT2D eigenvalue weighted by Crippen LogP contribution is 2.10. The minimum atomic E-state index is 0.645. The maximum absolute atomic E-state index is 5.65. The molecule has 0 saturated carbocycles. The number of piperidine rings is 1. The Bertz CT molecular complexity index is 227. The van der Waals surface area contributed by atoms with Gasteiger partial charge in [-0.05, 0) is 30.9 Å². The lowest BCUT2D eigenvalue weighted by Crippen LogP contribution is -2.32. The highest BCUT2D eigenvalue weighted by atomic mass is 16.5. The van der Waals surface area contributed by atoms with Crippen LogP contribution >= 0.6 is 0 Å². The smallest absolute Gasteiger partial charge is 0.0716 e. The summed E-state index contributed by atoms with van der Waals surface area (Å²) < 4.78 is 5.65. The number of hydrogen-bond donors (Lipinski definition) is 1. The maximum Gasteiger partial charge on any atom is 0.0716 e. The monoisotopic (exact) mass is 207 g/mol. The van der Waals surface area contributed by atoms with Gasteiger partial charge in [0.1, 0.15) is 0 Å². The molecule has 15 heavy (non-hydrogen) atoms. The van der Waals surface area contributed by atoms with Crippen molar-refractivity contribution in [2.75, 3.05) is 26.3 Å². The molecular formula is C13H21NO. The first-order chi connectivity index (χ1) is 7.36. The summed E-state index contributed by atoms with van der Waals surface area (Å²) in [6, 6.07) is 0. The molecular weight excluding hydrogens is 186 g/mol. The highest BCUT2D eigenvalue weighted by Gasteiger charge is 2.12. The average molecular weight is 207 g/mol. The third-order valence-corrected chi connectivity index (χ3v) is 2.62. The SMILES string of the molecule is C=C/C=C(\C=C)COCC1CCCNC1. The molecule has 1 saturated heterocycles. The van der Waals surface area contributed by atoms with Crippen molar-refractivity contribution in [3.05, 3.63) is 37.0 Å². The van der Waals surface area contributed by atoms with Gasteiger partial charge < -0.3 is 10.1 Å². The molecule has 1 unspecified atom stereocenters. The molecule has 84 valence electrons. The lowest BCUT2D eigenvalue weighted by atomic mass is 10.0. The van der Waals surface area contributed by atoms with Crippen molar-refractivity contribution < 1.29 is 4.74 Å². The first-order valence-electron chi connectivity index (χ1n) is 5.59. The van der Waals surface area contributed by atoms with Gasteiger partial charge >= 0.3 is 0 Å². The molecule has 0 aromatic rings. The van der Waals surface area contributed by atoms with E-state index < -0.39 is 0 Å². The summed E-state index contributed by atoms with van der Waals surface area (Å²) in [6.07, 6.45) is 8.07. The highest BCUT2D eigenvalue weighted by molar-refractivity contribution is 5.21. The zero-order chi connectivity index (χ0) is 10.9. The predicted octanol–water partition coefficient (Wildman–Crippen LogP) is 2.30. The fourth-order valence-corrected chi connectivity index (χ4v) is 1.74. The van der Waals surface area contributed by atoms with Crippen LogP contribution < -0.4 is 5.32 Å². The van der Waals surface area contributed by atoms with Crippen LogP contribution in [0.2, 0.25) is 0 Å². The molecule has 0 radical (unpaired) electrons. The number of allylic oxidation sites excluding steroid dienone is 2. The molecule has 0 spiro atoms. The van der Waals surface area contributed by atoms with Crippen LogP contribution in [0.25, 0.3) is 0 Å². The first kappa shape index (κ1) is 12.2. The largest absolute Gasteiger partial charge is 0.376 e. The molecule has 2 nitrogen and oxygen atoms in total. The van der Waals surface area contributed by atoms with Crippen molar-refractivity contribution in [2.24, 2.45) is 5.92 Å². The second kappa shape index (κ2) is 7.43. The van der Waals surface area contributed by atoms with Crippen LogP contribution in [-0.2, 0) is 4.74 Å². The van der Waals surface area contributed by atoms with Gasteiger partial charge in [0.25, 0.3) is 0 Å². The minimum Gasteiger partial charge on any atom is -0.376 e. The third kappa shape index (κ3) is 4.96. The van der Waals surface area contributed by atoms with Crippen LogP contribution in [0, 0.1) is 5.92 Å². The fraction of sp³-hybridized carbons (Fsp3) is 0.538. The molecule has 1 heterocycles. The molecule has 1 aliphatic heterocycles. The number of rotatable bonds is 6. The van der Waals surface area contributed by atoms with E-state index in [-0.39, 0.29) is 0 Å². The van der Waals surface area contributed by atoms with E-state index in [1.165, 1.54) is 12.8 Å². The molecule has 1 aliphatic rings. The topological polar surface area (TPSA) is 21.3 Å². The van der Waals surface area contributed by atoms with Crippen LogP contribution in [0.1, 0.15) is 12.8 Å². The Morgan fingerprint density at radius 2 is 2.33 bits per heavy atom. The van der Waals surface area contributed by atoms with Gasteiger partial charge in [-0.25, -0.2) is 0 Å². The van der Waals surface area contributed by atoms with E-state index in [9.17, 15) is 0 Å². The summed E-state index contributed by atoms with van der Waals surface area (Å²) in [5.41, 5.74) is 1.09. The molecule has 0 aliphatic carbocycles. The summed E-state index contributed by atoms with van der Waals surface area (Å²) in [7, 11) is 0. The van der Waals surface area contributed by atoms with E-state index in [4.69, 9.17) is 4.74 Å². The Labute approximate surface area is 92.7 Å². The van der Waals surface area contributed by atoms with Gasteiger partial charge in [-0.2, -0.15) is 0 Å². The molecule has 0 amide bonds. The van der Waals surface area contributed by atoms with E-state index >= 15 is 0 Å². The predicted molar refractivity (Wildman–Crippen MR) is 64.9 cm³/mol. The molecule has 1 fully saturated rings. The van der Waals surface area contributed by atoms with Crippen LogP contribution in [-0.4, -0.2) is 26.3 Å². The van der Waals surface area contributed by atoms with E-state index in [0.717, 1.165) is 25.3 Å². The van der Waals surface area contributed by atoms with Crippen LogP contribution in [0.5, 0.6) is 0 Å². The number of ether oxygens (including phenoxy) is 1.